The van der Waals surface area contributed by atoms with Crippen LogP contribution in [-0.2, 0) is 13.0 Å². The predicted octanol–water partition coefficient (Wildman–Crippen LogP) is 3.15. The molecule has 0 aliphatic heterocycles. The molecule has 0 aliphatic carbocycles. The van der Waals surface area contributed by atoms with Gasteiger partial charge in [-0.1, -0.05) is 0 Å². The lowest BCUT2D eigenvalue weighted by Gasteiger charge is -2.12. The first-order valence-electron chi connectivity index (χ1n) is 10.9. The highest BCUT2D eigenvalue weighted by Gasteiger charge is 2.13. The number of nitrogens with zero attached hydrogens (tertiary/aromatic N) is 3. The molecule has 3 heterocycles. The van der Waals surface area contributed by atoms with Crippen LogP contribution < -0.4 is 16.8 Å². The van der Waals surface area contributed by atoms with Crippen molar-refractivity contribution in [3.05, 3.63) is 93.6 Å². The molecule has 4 rings (SSSR count). The van der Waals surface area contributed by atoms with Crippen molar-refractivity contribution in [1.29, 1.82) is 0 Å². The Hall–Kier alpha value is -4.33. The van der Waals surface area contributed by atoms with Gasteiger partial charge in [0.1, 0.15) is 5.82 Å². The van der Waals surface area contributed by atoms with Gasteiger partial charge in [0.15, 0.2) is 0 Å². The van der Waals surface area contributed by atoms with Crippen LogP contribution >= 0.6 is 0 Å². The van der Waals surface area contributed by atoms with Crippen LogP contribution in [0.2, 0.25) is 0 Å². The van der Waals surface area contributed by atoms with Gasteiger partial charge in [0.05, 0.1) is 5.52 Å². The number of carbonyl (C=O) groups excluding carboxylic acids is 2. The molecule has 0 unspecified atom stereocenters. The molecule has 0 fully saturated rings. The van der Waals surface area contributed by atoms with Crippen LogP contribution in [0.25, 0.3) is 10.9 Å². The van der Waals surface area contributed by atoms with E-state index in [1.54, 1.807) is 42.7 Å². The fourth-order valence-electron chi connectivity index (χ4n) is 4.05. The standard InChI is InChI=1S/C26H26N6O2/c1-14-6-18-8-20(25(28)33)9-19(24(18)30-12-14)11-21-10-17(4-5-29-21)26(34)31-13-22-15(2)7-23(27)32-16(22)3/h4-10,12H,11,13H2,1-3H3,(H2,27,32)(H2,28,33)(H,31,34). The molecule has 5 N–H and O–H groups in total. The van der Waals surface area contributed by atoms with Gasteiger partial charge in [0.25, 0.3) is 5.91 Å². The Morgan fingerprint density at radius 1 is 1.00 bits per heavy atom. The summed E-state index contributed by atoms with van der Waals surface area (Å²) in [5, 5.41) is 3.78. The van der Waals surface area contributed by atoms with E-state index in [-0.39, 0.29) is 5.91 Å². The Labute approximate surface area is 197 Å². The maximum Gasteiger partial charge on any atom is 0.251 e. The fourth-order valence-corrected chi connectivity index (χ4v) is 4.05. The van der Waals surface area contributed by atoms with Crippen LogP contribution in [-0.4, -0.2) is 26.8 Å². The maximum atomic E-state index is 12.8. The normalized spacial score (nSPS) is 10.9. The van der Waals surface area contributed by atoms with Gasteiger partial charge in [-0.2, -0.15) is 0 Å². The van der Waals surface area contributed by atoms with Crippen molar-refractivity contribution in [3.8, 4) is 0 Å². The third-order valence-corrected chi connectivity index (χ3v) is 5.73. The van der Waals surface area contributed by atoms with Crippen molar-refractivity contribution >= 4 is 28.5 Å². The minimum atomic E-state index is -0.506. The molecular formula is C26H26N6O2. The molecule has 0 aliphatic rings. The van der Waals surface area contributed by atoms with Crippen molar-refractivity contribution in [1.82, 2.24) is 20.3 Å². The maximum absolute atomic E-state index is 12.8. The number of fused-ring (bicyclic) bond motifs is 1. The lowest BCUT2D eigenvalue weighted by Crippen LogP contribution is -2.24. The molecule has 34 heavy (non-hydrogen) atoms. The van der Waals surface area contributed by atoms with Crippen LogP contribution in [0.5, 0.6) is 0 Å². The Kier molecular flexibility index (Phi) is 6.23. The van der Waals surface area contributed by atoms with E-state index in [1.165, 1.54) is 0 Å². The molecular weight excluding hydrogens is 428 g/mol. The Morgan fingerprint density at radius 2 is 1.79 bits per heavy atom. The molecule has 2 amide bonds. The third kappa shape index (κ3) is 4.85. The Morgan fingerprint density at radius 3 is 2.53 bits per heavy atom. The van der Waals surface area contributed by atoms with E-state index in [0.717, 1.165) is 38.9 Å². The summed E-state index contributed by atoms with van der Waals surface area (Å²) in [4.78, 5) is 37.9. The lowest BCUT2D eigenvalue weighted by molar-refractivity contribution is 0.0949. The van der Waals surface area contributed by atoms with Crippen molar-refractivity contribution in [2.45, 2.75) is 33.7 Å². The van der Waals surface area contributed by atoms with Gasteiger partial charge in [-0.25, -0.2) is 4.98 Å². The molecule has 8 nitrogen and oxygen atoms in total. The molecule has 8 heteroatoms. The van der Waals surface area contributed by atoms with E-state index in [9.17, 15) is 9.59 Å². The van der Waals surface area contributed by atoms with Crippen LogP contribution in [0.1, 0.15) is 54.4 Å². The SMILES string of the molecule is Cc1cnc2c(Cc3cc(C(=O)NCc4c(C)cc(N)nc4C)ccn3)cc(C(N)=O)cc2c1. The molecule has 0 bridgehead atoms. The highest BCUT2D eigenvalue weighted by molar-refractivity contribution is 5.98. The molecule has 4 aromatic rings. The summed E-state index contributed by atoms with van der Waals surface area (Å²) in [6.45, 7) is 6.10. The van der Waals surface area contributed by atoms with Gasteiger partial charge in [-0.3, -0.25) is 19.6 Å². The number of anilines is 1. The number of rotatable bonds is 6. The number of amides is 2. The first kappa shape index (κ1) is 22.8. The molecule has 0 atom stereocenters. The third-order valence-electron chi connectivity index (χ3n) is 5.73. The topological polar surface area (TPSA) is 137 Å². The summed E-state index contributed by atoms with van der Waals surface area (Å²) in [6, 6.07) is 10.6. The fraction of sp³-hybridized carbons (Fsp3) is 0.192. The average Bonchev–Trinajstić information content (AvgIpc) is 2.78. The van der Waals surface area contributed by atoms with Crippen molar-refractivity contribution in [2.75, 3.05) is 5.73 Å². The first-order chi connectivity index (χ1) is 16.2. The van der Waals surface area contributed by atoms with Gasteiger partial charge in [0.2, 0.25) is 5.91 Å². The molecule has 0 spiro atoms. The molecule has 0 saturated carbocycles. The van der Waals surface area contributed by atoms with E-state index in [4.69, 9.17) is 11.5 Å². The molecule has 0 radical (unpaired) electrons. The van der Waals surface area contributed by atoms with Crippen molar-refractivity contribution < 1.29 is 9.59 Å². The number of aromatic nitrogens is 3. The van der Waals surface area contributed by atoms with Crippen molar-refractivity contribution in [2.24, 2.45) is 5.73 Å². The number of hydrogen-bond acceptors (Lipinski definition) is 6. The highest BCUT2D eigenvalue weighted by atomic mass is 16.2. The number of pyridine rings is 3. The van der Waals surface area contributed by atoms with E-state index in [1.807, 2.05) is 26.8 Å². The summed E-state index contributed by atoms with van der Waals surface area (Å²) >= 11 is 0. The average molecular weight is 455 g/mol. The van der Waals surface area contributed by atoms with E-state index < -0.39 is 5.91 Å². The number of carbonyl (C=O) groups is 2. The monoisotopic (exact) mass is 454 g/mol. The number of nitrogen functional groups attached to an aromatic ring is 1. The Bertz CT molecular complexity index is 1410. The van der Waals surface area contributed by atoms with Gasteiger partial charge >= 0.3 is 0 Å². The second kappa shape index (κ2) is 9.27. The zero-order chi connectivity index (χ0) is 24.4. The number of nitrogens with two attached hydrogens (primary N) is 2. The molecule has 1 aromatic carbocycles. The van der Waals surface area contributed by atoms with E-state index >= 15 is 0 Å². The van der Waals surface area contributed by atoms with Gasteiger partial charge < -0.3 is 16.8 Å². The number of nitrogens with one attached hydrogen (secondary N) is 1. The second-order valence-corrected chi connectivity index (χ2v) is 8.41. The largest absolute Gasteiger partial charge is 0.384 e. The zero-order valence-electron chi connectivity index (χ0n) is 19.3. The summed E-state index contributed by atoms with van der Waals surface area (Å²) in [5.74, 6) is -0.265. The minimum Gasteiger partial charge on any atom is -0.384 e. The van der Waals surface area contributed by atoms with Crippen LogP contribution in [0.3, 0.4) is 0 Å². The summed E-state index contributed by atoms with van der Waals surface area (Å²) in [7, 11) is 0. The first-order valence-corrected chi connectivity index (χ1v) is 10.9. The molecule has 3 aromatic heterocycles. The van der Waals surface area contributed by atoms with Gasteiger partial charge in [-0.05, 0) is 79.4 Å². The second-order valence-electron chi connectivity index (χ2n) is 8.41. The summed E-state index contributed by atoms with van der Waals surface area (Å²) < 4.78 is 0. The Balaban J connectivity index is 1.58. The highest BCUT2D eigenvalue weighted by Crippen LogP contribution is 2.23. The van der Waals surface area contributed by atoms with Gasteiger partial charge in [-0.15, -0.1) is 0 Å². The van der Waals surface area contributed by atoms with E-state index in [2.05, 4.69) is 20.3 Å². The molecule has 0 saturated heterocycles. The van der Waals surface area contributed by atoms with Gasteiger partial charge in [0, 0.05) is 53.3 Å². The zero-order valence-corrected chi connectivity index (χ0v) is 19.3. The molecule has 172 valence electrons. The summed E-state index contributed by atoms with van der Waals surface area (Å²) in [5.41, 5.74) is 18.2. The number of hydrogen-bond donors (Lipinski definition) is 3. The minimum absolute atomic E-state index is 0.219. The summed E-state index contributed by atoms with van der Waals surface area (Å²) in [6.07, 6.45) is 3.78. The predicted molar refractivity (Wildman–Crippen MR) is 131 cm³/mol. The quantitative estimate of drug-likeness (QED) is 0.409. The van der Waals surface area contributed by atoms with E-state index in [0.29, 0.717) is 35.6 Å². The van der Waals surface area contributed by atoms with Crippen LogP contribution in [0.15, 0.2) is 48.8 Å². The number of aryl methyl sites for hydroxylation is 3. The lowest BCUT2D eigenvalue weighted by atomic mass is 9.99. The van der Waals surface area contributed by atoms with Crippen LogP contribution in [0, 0.1) is 20.8 Å². The van der Waals surface area contributed by atoms with Crippen molar-refractivity contribution in [3.63, 3.8) is 0 Å². The van der Waals surface area contributed by atoms with Crippen LogP contribution in [0.4, 0.5) is 5.82 Å². The number of benzene rings is 1. The number of primary amides is 1. The smallest absolute Gasteiger partial charge is 0.251 e.